The molecule has 0 saturated heterocycles. The largest absolute Gasteiger partial charge is 0.457 e. The molecule has 8 nitrogen and oxygen atoms in total. The normalized spacial score (nSPS) is 13.9. The van der Waals surface area contributed by atoms with E-state index >= 15 is 0 Å². The average molecular weight is 1620 g/mol. The van der Waals surface area contributed by atoms with Gasteiger partial charge in [0.15, 0.2) is 11.5 Å². The summed E-state index contributed by atoms with van der Waals surface area (Å²) in [4.78, 5) is 0. The molecule has 19 aromatic carbocycles. The van der Waals surface area contributed by atoms with Crippen LogP contribution in [0.15, 0.2) is 415 Å². The summed E-state index contributed by atoms with van der Waals surface area (Å²) >= 11 is 1.86. The third-order valence-electron chi connectivity index (χ3n) is 26.7. The van der Waals surface area contributed by atoms with E-state index in [1.165, 1.54) is 121 Å². The lowest BCUT2D eigenvalue weighted by molar-refractivity contribution is 0.437. The zero-order chi connectivity index (χ0) is 82.2. The molecule has 588 valence electrons. The van der Waals surface area contributed by atoms with Gasteiger partial charge in [-0.2, -0.15) is 0 Å². The second-order valence-corrected chi connectivity index (χ2v) is 34.0. The summed E-state index contributed by atoms with van der Waals surface area (Å²) in [6.07, 6.45) is 0. The lowest BCUT2D eigenvalue weighted by Crippen LogP contribution is -2.33. The first-order valence-corrected chi connectivity index (χ1v) is 43.2. The third-order valence-corrected chi connectivity index (χ3v) is 27.8. The predicted octanol–water partition coefficient (Wildman–Crippen LogP) is 31.2. The third kappa shape index (κ3) is 10.1. The minimum absolute atomic E-state index is 0.322. The molecule has 6 aliphatic rings. The smallest absolute Gasteiger partial charge is 0.155 e. The van der Waals surface area contributed by atoms with Gasteiger partial charge in [-0.3, -0.25) is 0 Å². The van der Waals surface area contributed by atoms with Crippen LogP contribution in [-0.2, 0) is 16.2 Å². The van der Waals surface area contributed by atoms with E-state index in [4.69, 9.17) is 23.0 Å². The van der Waals surface area contributed by atoms with Crippen molar-refractivity contribution in [3.63, 3.8) is 0 Å². The molecule has 0 atom stereocenters. The second kappa shape index (κ2) is 27.2. The molecular formula is C115H70FN3O5S. The topological polar surface area (TPSA) is 90.1 Å². The van der Waals surface area contributed by atoms with Crippen LogP contribution in [0.4, 0.5) is 38.5 Å². The van der Waals surface area contributed by atoms with Crippen molar-refractivity contribution in [1.29, 1.82) is 0 Å². The molecule has 0 fully saturated rings. The van der Waals surface area contributed by atoms with Gasteiger partial charge < -0.3 is 39.0 Å². The Morgan fingerprint density at radius 3 is 1.14 bits per heavy atom. The Hall–Kier alpha value is -16.0. The van der Waals surface area contributed by atoms with E-state index in [1.54, 1.807) is 6.07 Å². The molecule has 0 amide bonds. The second-order valence-electron chi connectivity index (χ2n) is 32.9. The van der Waals surface area contributed by atoms with Crippen LogP contribution in [0.2, 0.25) is 0 Å². The first-order chi connectivity index (χ1) is 61.9. The number of thiophene rings is 1. The molecule has 3 aliphatic heterocycles. The van der Waals surface area contributed by atoms with Crippen molar-refractivity contribution in [2.75, 3.05) is 16.0 Å². The molecule has 3 aliphatic carbocycles. The molecule has 0 radical (unpaired) electrons. The van der Waals surface area contributed by atoms with Crippen LogP contribution in [-0.4, -0.2) is 0 Å². The minimum Gasteiger partial charge on any atom is -0.457 e. The minimum atomic E-state index is -0.540. The van der Waals surface area contributed by atoms with Crippen molar-refractivity contribution < 1.29 is 27.4 Å². The molecule has 3 aromatic heterocycles. The van der Waals surface area contributed by atoms with Crippen molar-refractivity contribution in [3.05, 3.63) is 479 Å². The maximum atomic E-state index is 14.0. The molecular weight excluding hydrogens is 1550 g/mol. The van der Waals surface area contributed by atoms with Gasteiger partial charge in [0.05, 0.1) is 55.5 Å². The molecule has 0 saturated carbocycles. The van der Waals surface area contributed by atoms with E-state index < -0.39 is 16.2 Å². The number of hydrogen-bond donors (Lipinski definition) is 3. The SMILES string of the molecule is Fc1ccc2c(c1)oc1cccc(Nc3cccc4c3Oc3ccccc3C43c4ccccc4-c4ccccc43)c12.c1ccc2c(c1)Oc1c(Nc3cccc4oc5ccccc5c34)cccc1C21c2ccccc2-c2ccccc21.c1ccc2c(c1)Oc1cccc(Nc3c4ccccc4cc4sc5ccccc5c34)c1C21c2ccccc2-c2ccccc21. The maximum absolute atomic E-state index is 14.0. The zero-order valence-corrected chi connectivity index (χ0v) is 67.8. The monoisotopic (exact) mass is 1620 g/mol. The number of hydrogen-bond acceptors (Lipinski definition) is 9. The van der Waals surface area contributed by atoms with E-state index in [0.717, 1.165) is 124 Å². The molecule has 125 heavy (non-hydrogen) atoms. The Labute approximate surface area is 721 Å². The van der Waals surface area contributed by atoms with Crippen LogP contribution in [0, 0.1) is 5.82 Å². The summed E-state index contributed by atoms with van der Waals surface area (Å²) in [6, 6.07) is 142. The highest BCUT2D eigenvalue weighted by Crippen LogP contribution is 2.68. The van der Waals surface area contributed by atoms with E-state index in [1.807, 2.05) is 65.9 Å². The number of para-hydroxylation sites is 6. The Morgan fingerprint density at radius 1 is 0.232 bits per heavy atom. The van der Waals surface area contributed by atoms with Gasteiger partial charge in [-0.15, -0.1) is 11.3 Å². The van der Waals surface area contributed by atoms with Gasteiger partial charge in [-0.25, -0.2) is 4.39 Å². The molecule has 22 aromatic rings. The zero-order valence-electron chi connectivity index (χ0n) is 67.0. The summed E-state index contributed by atoms with van der Waals surface area (Å²) in [5, 5.41) is 20.4. The first-order valence-electron chi connectivity index (χ1n) is 42.4. The molecule has 3 N–H and O–H groups in total. The highest BCUT2D eigenvalue weighted by atomic mass is 32.1. The lowest BCUT2D eigenvalue weighted by atomic mass is 9.65. The van der Waals surface area contributed by atoms with Crippen LogP contribution in [0.5, 0.6) is 34.5 Å². The maximum Gasteiger partial charge on any atom is 0.155 e. The van der Waals surface area contributed by atoms with Gasteiger partial charge in [0, 0.05) is 81.5 Å². The lowest BCUT2D eigenvalue weighted by Gasteiger charge is -2.40. The highest BCUT2D eigenvalue weighted by molar-refractivity contribution is 7.26. The Morgan fingerprint density at radius 2 is 0.600 bits per heavy atom. The number of halogens is 1. The number of ether oxygens (including phenoxy) is 3. The van der Waals surface area contributed by atoms with E-state index in [9.17, 15) is 4.39 Å². The summed E-state index contributed by atoms with van der Waals surface area (Å²) in [5.41, 5.74) is 29.3. The highest BCUT2D eigenvalue weighted by Gasteiger charge is 2.55. The number of fused-ring (bicyclic) bond motifs is 37. The molecule has 0 bridgehead atoms. The van der Waals surface area contributed by atoms with Crippen LogP contribution in [0.25, 0.3) is 108 Å². The summed E-state index contributed by atoms with van der Waals surface area (Å²) in [7, 11) is 0. The van der Waals surface area contributed by atoms with Gasteiger partial charge in [0.25, 0.3) is 0 Å². The van der Waals surface area contributed by atoms with Crippen molar-refractivity contribution in [3.8, 4) is 67.9 Å². The molecule has 28 rings (SSSR count). The van der Waals surface area contributed by atoms with E-state index in [0.29, 0.717) is 11.2 Å². The molecule has 0 unspecified atom stereocenters. The van der Waals surface area contributed by atoms with Crippen molar-refractivity contribution in [2.24, 2.45) is 0 Å². The summed E-state index contributed by atoms with van der Waals surface area (Å²) in [6.45, 7) is 0. The summed E-state index contributed by atoms with van der Waals surface area (Å²) in [5.74, 6) is 4.81. The van der Waals surface area contributed by atoms with Gasteiger partial charge >= 0.3 is 0 Å². The quantitative estimate of drug-likeness (QED) is 0.152. The number of nitrogens with one attached hydrogen (secondary N) is 3. The number of benzene rings is 19. The molecule has 10 heteroatoms. The fourth-order valence-electron chi connectivity index (χ4n) is 21.9. The number of furan rings is 2. The molecule has 3 spiro atoms. The van der Waals surface area contributed by atoms with Gasteiger partial charge in [0.1, 0.15) is 51.1 Å². The number of rotatable bonds is 6. The van der Waals surface area contributed by atoms with Gasteiger partial charge in [-0.05, 0) is 169 Å². The predicted molar refractivity (Wildman–Crippen MR) is 506 cm³/mol. The Kier molecular flexibility index (Phi) is 15.4. The van der Waals surface area contributed by atoms with Crippen molar-refractivity contribution in [1.82, 2.24) is 0 Å². The number of anilines is 6. The van der Waals surface area contributed by atoms with Crippen LogP contribution in [0.1, 0.15) is 66.8 Å². The first kappa shape index (κ1) is 70.8. The fourth-order valence-corrected chi connectivity index (χ4v) is 23.0. The Bertz CT molecular complexity index is 8200. The van der Waals surface area contributed by atoms with Crippen molar-refractivity contribution in [2.45, 2.75) is 16.2 Å². The van der Waals surface area contributed by atoms with Crippen LogP contribution < -0.4 is 30.2 Å². The van der Waals surface area contributed by atoms with Crippen LogP contribution >= 0.6 is 11.3 Å². The summed E-state index contributed by atoms with van der Waals surface area (Å²) < 4.78 is 49.1. The molecule has 6 heterocycles. The van der Waals surface area contributed by atoms with Gasteiger partial charge in [0.2, 0.25) is 0 Å². The average Bonchev–Trinajstić information content (AvgIpc) is 1.55. The van der Waals surface area contributed by atoms with E-state index in [2.05, 4.69) is 350 Å². The Balaban J connectivity index is 0.000000100. The van der Waals surface area contributed by atoms with Gasteiger partial charge in [-0.1, -0.05) is 303 Å². The van der Waals surface area contributed by atoms with Crippen molar-refractivity contribution >= 4 is 120 Å². The fraction of sp³-hybridized carbons (Fsp3) is 0.0261. The standard InChI is InChI=1S/C41H25NOS.C37H22FNO2.C37H23NO2/c1-2-13-26-25(12-1)24-37-38(29-16-5-10-23-36(29)44-37)40(26)42-33-20-11-22-35-39(33)41(32-19-8-9-21-34(32)43-35)30-17-6-3-14-27(30)28-15-4-7-18-31(28)41;38-22-19-20-25-34(21-22)40-33-18-8-15-30(35(25)33)39-31-16-7-14-29-36(31)41-32-17-6-5-13-28(32)37(29)26-11-3-1-9-23(26)24-10-2-4-12-27(24)37;1-4-14-26-23(11-1)24-12-2-5-15-27(24)37(26)28-16-6-8-21-33(28)40-36-29(37)17-9-19-31(36)38-30-18-10-22-34-35(30)25-13-3-7-20-32(25)39-34/h1-24,42H;1-21,39H;1-22,38H. The van der Waals surface area contributed by atoms with E-state index in [-0.39, 0.29) is 5.82 Å². The van der Waals surface area contributed by atoms with Crippen LogP contribution in [0.3, 0.4) is 0 Å².